The zero-order valence-corrected chi connectivity index (χ0v) is 13.4. The van der Waals surface area contributed by atoms with Crippen LogP contribution in [0.25, 0.3) is 0 Å². The van der Waals surface area contributed by atoms with Gasteiger partial charge in [0.2, 0.25) is 5.91 Å². The molecule has 0 aromatic carbocycles. The van der Waals surface area contributed by atoms with Gasteiger partial charge < -0.3 is 10.2 Å². The molecule has 18 heavy (non-hydrogen) atoms. The maximum atomic E-state index is 12.1. The van der Waals surface area contributed by atoms with Gasteiger partial charge in [-0.05, 0) is 27.2 Å². The summed E-state index contributed by atoms with van der Waals surface area (Å²) in [4.78, 5) is 14.1. The van der Waals surface area contributed by atoms with Gasteiger partial charge in [0.15, 0.2) is 0 Å². The SMILES string of the molecule is CC(C)N1CC[C@H](N[C@H](C)CSC(C)(C)C)C1=O. The highest BCUT2D eigenvalue weighted by atomic mass is 32.2. The number of nitrogens with zero attached hydrogens (tertiary/aromatic N) is 1. The fourth-order valence-corrected chi connectivity index (χ4v) is 2.98. The fraction of sp³-hybridized carbons (Fsp3) is 0.929. The molecule has 0 aliphatic carbocycles. The highest BCUT2D eigenvalue weighted by Gasteiger charge is 2.33. The summed E-state index contributed by atoms with van der Waals surface area (Å²) in [5, 5.41) is 3.47. The largest absolute Gasteiger partial charge is 0.339 e. The molecule has 0 spiro atoms. The first-order chi connectivity index (χ1) is 8.20. The van der Waals surface area contributed by atoms with E-state index in [0.717, 1.165) is 18.7 Å². The minimum atomic E-state index is 0.0305. The second-order valence-electron chi connectivity index (χ2n) is 6.46. The molecule has 106 valence electrons. The van der Waals surface area contributed by atoms with Crippen LogP contribution in [0.1, 0.15) is 48.0 Å². The number of nitrogens with one attached hydrogen (secondary N) is 1. The maximum Gasteiger partial charge on any atom is 0.240 e. The third-order valence-corrected chi connectivity index (χ3v) is 4.65. The van der Waals surface area contributed by atoms with Crippen molar-refractivity contribution in [2.24, 2.45) is 0 Å². The Morgan fingerprint density at radius 2 is 2.00 bits per heavy atom. The third kappa shape index (κ3) is 4.81. The van der Waals surface area contributed by atoms with Gasteiger partial charge in [0, 0.05) is 29.1 Å². The molecule has 1 aliphatic heterocycles. The molecule has 1 aliphatic rings. The first-order valence-electron chi connectivity index (χ1n) is 6.91. The maximum absolute atomic E-state index is 12.1. The Morgan fingerprint density at radius 3 is 2.44 bits per heavy atom. The lowest BCUT2D eigenvalue weighted by atomic mass is 10.2. The number of thioether (sulfide) groups is 1. The minimum absolute atomic E-state index is 0.0305. The van der Waals surface area contributed by atoms with Gasteiger partial charge in [-0.2, -0.15) is 11.8 Å². The lowest BCUT2D eigenvalue weighted by Gasteiger charge is -2.24. The van der Waals surface area contributed by atoms with E-state index in [4.69, 9.17) is 0 Å². The predicted octanol–water partition coefficient (Wildman–Crippen LogP) is 2.51. The smallest absolute Gasteiger partial charge is 0.240 e. The summed E-state index contributed by atoms with van der Waals surface area (Å²) >= 11 is 1.95. The molecule has 0 saturated carbocycles. The first kappa shape index (κ1) is 15.8. The van der Waals surface area contributed by atoms with Crippen molar-refractivity contribution >= 4 is 17.7 Å². The van der Waals surface area contributed by atoms with Gasteiger partial charge in [0.25, 0.3) is 0 Å². The van der Waals surface area contributed by atoms with Crippen LogP contribution in [0, 0.1) is 0 Å². The average Bonchev–Trinajstić information content (AvgIpc) is 2.57. The van der Waals surface area contributed by atoms with E-state index < -0.39 is 0 Å². The van der Waals surface area contributed by atoms with Crippen molar-refractivity contribution in [3.63, 3.8) is 0 Å². The van der Waals surface area contributed by atoms with Crippen molar-refractivity contribution in [3.05, 3.63) is 0 Å². The summed E-state index contributed by atoms with van der Waals surface area (Å²) in [6.07, 6.45) is 0.946. The van der Waals surface area contributed by atoms with Crippen LogP contribution < -0.4 is 5.32 Å². The number of hydrogen-bond acceptors (Lipinski definition) is 3. The standard InChI is InChI=1S/C14H28N2OS/c1-10(2)16-8-7-12(13(16)17)15-11(3)9-18-14(4,5)6/h10-12,15H,7-9H2,1-6H3/t11-,12+/m1/s1. The first-order valence-corrected chi connectivity index (χ1v) is 7.90. The van der Waals surface area contributed by atoms with Crippen molar-refractivity contribution < 1.29 is 4.79 Å². The van der Waals surface area contributed by atoms with Crippen LogP contribution in [0.5, 0.6) is 0 Å². The Morgan fingerprint density at radius 1 is 1.39 bits per heavy atom. The number of rotatable bonds is 5. The van der Waals surface area contributed by atoms with Gasteiger partial charge in [-0.15, -0.1) is 0 Å². The van der Waals surface area contributed by atoms with E-state index >= 15 is 0 Å². The van der Waals surface area contributed by atoms with Crippen molar-refractivity contribution in [2.75, 3.05) is 12.3 Å². The van der Waals surface area contributed by atoms with Gasteiger partial charge >= 0.3 is 0 Å². The highest BCUT2D eigenvalue weighted by molar-refractivity contribution is 8.00. The quantitative estimate of drug-likeness (QED) is 0.834. The molecule has 4 heteroatoms. The number of likely N-dealkylation sites (tertiary alicyclic amines) is 1. The molecule has 1 N–H and O–H groups in total. The summed E-state index contributed by atoms with van der Waals surface area (Å²) in [5.74, 6) is 1.33. The Balaban J connectivity index is 2.37. The molecule has 0 aromatic rings. The average molecular weight is 272 g/mol. The molecule has 0 unspecified atom stereocenters. The third-order valence-electron chi connectivity index (χ3n) is 3.12. The van der Waals surface area contributed by atoms with Gasteiger partial charge in [-0.1, -0.05) is 20.8 Å². The van der Waals surface area contributed by atoms with Crippen LogP contribution in [0.15, 0.2) is 0 Å². The number of carbonyl (C=O) groups excluding carboxylic acids is 1. The van der Waals surface area contributed by atoms with E-state index in [0.29, 0.717) is 16.8 Å². The van der Waals surface area contributed by atoms with E-state index in [1.165, 1.54) is 0 Å². The second kappa shape index (κ2) is 6.29. The number of carbonyl (C=O) groups is 1. The highest BCUT2D eigenvalue weighted by Crippen LogP contribution is 2.24. The van der Waals surface area contributed by atoms with Crippen molar-refractivity contribution in [2.45, 2.75) is 70.8 Å². The zero-order chi connectivity index (χ0) is 13.9. The molecule has 0 radical (unpaired) electrons. The zero-order valence-electron chi connectivity index (χ0n) is 12.6. The summed E-state index contributed by atoms with van der Waals surface area (Å²) < 4.78 is 0.291. The van der Waals surface area contributed by atoms with Crippen molar-refractivity contribution in [1.82, 2.24) is 10.2 Å². The molecule has 1 fully saturated rings. The minimum Gasteiger partial charge on any atom is -0.339 e. The van der Waals surface area contributed by atoms with Crippen LogP contribution >= 0.6 is 11.8 Å². The predicted molar refractivity (Wildman–Crippen MR) is 80.1 cm³/mol. The molecule has 1 rings (SSSR count). The van der Waals surface area contributed by atoms with Crippen molar-refractivity contribution in [1.29, 1.82) is 0 Å². The topological polar surface area (TPSA) is 32.3 Å². The summed E-state index contributed by atoms with van der Waals surface area (Å²) in [6.45, 7) is 13.9. The van der Waals surface area contributed by atoms with Crippen LogP contribution in [0.4, 0.5) is 0 Å². The van der Waals surface area contributed by atoms with Gasteiger partial charge in [-0.25, -0.2) is 0 Å². The van der Waals surface area contributed by atoms with Gasteiger partial charge in [-0.3, -0.25) is 4.79 Å². The van der Waals surface area contributed by atoms with E-state index in [1.807, 2.05) is 16.7 Å². The fourth-order valence-electron chi connectivity index (χ4n) is 2.14. The number of amides is 1. The molecule has 0 bridgehead atoms. The lowest BCUT2D eigenvalue weighted by Crippen LogP contribution is -2.45. The Labute approximate surface area is 116 Å². The van der Waals surface area contributed by atoms with E-state index in [1.54, 1.807) is 0 Å². The molecular formula is C14H28N2OS. The number of hydrogen-bond donors (Lipinski definition) is 1. The molecular weight excluding hydrogens is 244 g/mol. The molecule has 3 nitrogen and oxygen atoms in total. The van der Waals surface area contributed by atoms with E-state index in [2.05, 4.69) is 46.9 Å². The second-order valence-corrected chi connectivity index (χ2v) is 8.30. The van der Waals surface area contributed by atoms with Crippen LogP contribution in [-0.2, 0) is 4.79 Å². The monoisotopic (exact) mass is 272 g/mol. The summed E-state index contributed by atoms with van der Waals surface area (Å²) in [6, 6.07) is 0.738. The normalized spacial score (nSPS) is 22.9. The molecule has 1 saturated heterocycles. The molecule has 2 atom stereocenters. The van der Waals surface area contributed by atoms with Crippen LogP contribution in [-0.4, -0.2) is 46.0 Å². The molecule has 1 amide bonds. The molecule has 0 aromatic heterocycles. The Bertz CT molecular complexity index is 286. The lowest BCUT2D eigenvalue weighted by molar-refractivity contribution is -0.130. The Hall–Kier alpha value is -0.220. The van der Waals surface area contributed by atoms with E-state index in [9.17, 15) is 4.79 Å². The summed E-state index contributed by atoms with van der Waals surface area (Å²) in [7, 11) is 0. The van der Waals surface area contributed by atoms with Gasteiger partial charge in [0.1, 0.15) is 0 Å². The Kier molecular flexibility index (Phi) is 5.53. The van der Waals surface area contributed by atoms with Crippen molar-refractivity contribution in [3.8, 4) is 0 Å². The molecule has 1 heterocycles. The van der Waals surface area contributed by atoms with Gasteiger partial charge in [0.05, 0.1) is 6.04 Å². The van der Waals surface area contributed by atoms with Crippen LogP contribution in [0.2, 0.25) is 0 Å². The van der Waals surface area contributed by atoms with Crippen LogP contribution in [0.3, 0.4) is 0 Å². The van der Waals surface area contributed by atoms with E-state index in [-0.39, 0.29) is 11.9 Å². The summed E-state index contributed by atoms with van der Waals surface area (Å²) in [5.41, 5.74) is 0.